The Labute approximate surface area is 115 Å². The number of nitrogens with zero attached hydrogens (tertiary/aromatic N) is 2. The number of fused-ring (bicyclic) bond motifs is 1. The first-order chi connectivity index (χ1) is 9.02. The molecular formula is C15H23N3O. The predicted molar refractivity (Wildman–Crippen MR) is 79.7 cm³/mol. The highest BCUT2D eigenvalue weighted by Crippen LogP contribution is 2.31. The molecule has 1 heterocycles. The normalized spacial score (nSPS) is 15.6. The van der Waals surface area contributed by atoms with Crippen LogP contribution in [0.2, 0.25) is 0 Å². The number of carbonyl (C=O) groups is 1. The van der Waals surface area contributed by atoms with Crippen molar-refractivity contribution in [3.05, 3.63) is 23.8 Å². The summed E-state index contributed by atoms with van der Waals surface area (Å²) < 4.78 is 0. The van der Waals surface area contributed by atoms with Gasteiger partial charge in [-0.15, -0.1) is 0 Å². The molecule has 0 aromatic heterocycles. The van der Waals surface area contributed by atoms with Crippen molar-refractivity contribution >= 4 is 17.3 Å². The molecule has 1 atom stereocenters. The summed E-state index contributed by atoms with van der Waals surface area (Å²) in [5.74, 6) is 0.719. The van der Waals surface area contributed by atoms with E-state index >= 15 is 0 Å². The van der Waals surface area contributed by atoms with E-state index in [-0.39, 0.29) is 5.91 Å². The van der Waals surface area contributed by atoms with Crippen LogP contribution in [-0.4, -0.2) is 33.1 Å². The van der Waals surface area contributed by atoms with E-state index in [1.165, 1.54) is 5.69 Å². The molecule has 1 aromatic carbocycles. The summed E-state index contributed by atoms with van der Waals surface area (Å²) in [7, 11) is 3.92. The van der Waals surface area contributed by atoms with E-state index in [9.17, 15) is 4.79 Å². The molecule has 2 rings (SSSR count). The van der Waals surface area contributed by atoms with Gasteiger partial charge in [0.05, 0.1) is 6.42 Å². The van der Waals surface area contributed by atoms with Crippen molar-refractivity contribution in [2.24, 2.45) is 11.7 Å². The Morgan fingerprint density at radius 2 is 2.21 bits per heavy atom. The van der Waals surface area contributed by atoms with Crippen LogP contribution in [0.3, 0.4) is 0 Å². The van der Waals surface area contributed by atoms with E-state index in [4.69, 9.17) is 5.73 Å². The molecule has 0 saturated heterocycles. The van der Waals surface area contributed by atoms with Crippen LogP contribution in [-0.2, 0) is 11.2 Å². The lowest BCUT2D eigenvalue weighted by Gasteiger charge is -2.22. The third-order valence-electron chi connectivity index (χ3n) is 3.94. The van der Waals surface area contributed by atoms with Gasteiger partial charge in [-0.3, -0.25) is 4.79 Å². The van der Waals surface area contributed by atoms with E-state index < -0.39 is 0 Å². The second-order valence-corrected chi connectivity index (χ2v) is 5.49. The fraction of sp³-hybridized carbons (Fsp3) is 0.533. The number of rotatable bonds is 5. The number of anilines is 2. The van der Waals surface area contributed by atoms with Gasteiger partial charge in [0.1, 0.15) is 0 Å². The minimum Gasteiger partial charge on any atom is -0.375 e. The highest BCUT2D eigenvalue weighted by molar-refractivity contribution is 6.01. The zero-order valence-electron chi connectivity index (χ0n) is 12.0. The molecule has 4 nitrogen and oxygen atoms in total. The van der Waals surface area contributed by atoms with Gasteiger partial charge in [0.15, 0.2) is 0 Å². The molecule has 0 aliphatic carbocycles. The first kappa shape index (κ1) is 13.9. The van der Waals surface area contributed by atoms with Crippen LogP contribution in [0, 0.1) is 5.92 Å². The van der Waals surface area contributed by atoms with Crippen LogP contribution in [0.4, 0.5) is 11.4 Å². The fourth-order valence-corrected chi connectivity index (χ4v) is 2.35. The SMILES string of the molecule is CC(CN)CCN(C)c1ccc2c(c1)CC(=O)N2C. The van der Waals surface area contributed by atoms with Gasteiger partial charge in [0.25, 0.3) is 0 Å². The van der Waals surface area contributed by atoms with Crippen molar-refractivity contribution in [1.29, 1.82) is 0 Å². The van der Waals surface area contributed by atoms with Crippen LogP contribution in [0.15, 0.2) is 18.2 Å². The molecule has 19 heavy (non-hydrogen) atoms. The first-order valence-corrected chi connectivity index (χ1v) is 6.83. The Balaban J connectivity index is 2.06. The van der Waals surface area contributed by atoms with E-state index in [2.05, 4.69) is 31.0 Å². The van der Waals surface area contributed by atoms with Crippen LogP contribution in [0.25, 0.3) is 0 Å². The molecule has 0 radical (unpaired) electrons. The lowest BCUT2D eigenvalue weighted by molar-refractivity contribution is -0.117. The summed E-state index contributed by atoms with van der Waals surface area (Å²) in [6.07, 6.45) is 1.61. The van der Waals surface area contributed by atoms with Gasteiger partial charge in [0, 0.05) is 32.0 Å². The molecule has 2 N–H and O–H groups in total. The van der Waals surface area contributed by atoms with Crippen molar-refractivity contribution in [3.8, 4) is 0 Å². The molecule has 4 heteroatoms. The van der Waals surface area contributed by atoms with Crippen LogP contribution < -0.4 is 15.5 Å². The number of hydrogen-bond acceptors (Lipinski definition) is 3. The summed E-state index contributed by atoms with van der Waals surface area (Å²) >= 11 is 0. The van der Waals surface area contributed by atoms with Gasteiger partial charge in [-0.1, -0.05) is 6.92 Å². The van der Waals surface area contributed by atoms with Gasteiger partial charge >= 0.3 is 0 Å². The number of hydrogen-bond donors (Lipinski definition) is 1. The Morgan fingerprint density at radius 3 is 2.89 bits per heavy atom. The zero-order chi connectivity index (χ0) is 14.0. The number of carbonyl (C=O) groups excluding carboxylic acids is 1. The van der Waals surface area contributed by atoms with Gasteiger partial charge in [-0.2, -0.15) is 0 Å². The zero-order valence-corrected chi connectivity index (χ0v) is 12.0. The highest BCUT2D eigenvalue weighted by Gasteiger charge is 2.24. The molecule has 1 aliphatic rings. The molecular weight excluding hydrogens is 238 g/mol. The Kier molecular flexibility index (Phi) is 4.10. The van der Waals surface area contributed by atoms with E-state index in [0.29, 0.717) is 12.3 Å². The third-order valence-corrected chi connectivity index (χ3v) is 3.94. The molecule has 1 unspecified atom stereocenters. The lowest BCUT2D eigenvalue weighted by atomic mass is 10.1. The van der Waals surface area contributed by atoms with Crippen molar-refractivity contribution in [1.82, 2.24) is 0 Å². The second kappa shape index (κ2) is 5.61. The monoisotopic (exact) mass is 261 g/mol. The maximum atomic E-state index is 11.7. The Bertz CT molecular complexity index is 472. The minimum absolute atomic E-state index is 0.173. The summed E-state index contributed by atoms with van der Waals surface area (Å²) in [4.78, 5) is 15.6. The largest absolute Gasteiger partial charge is 0.375 e. The average molecular weight is 261 g/mol. The van der Waals surface area contributed by atoms with Crippen LogP contribution >= 0.6 is 0 Å². The summed E-state index contributed by atoms with van der Waals surface area (Å²) in [6.45, 7) is 3.89. The fourth-order valence-electron chi connectivity index (χ4n) is 2.35. The van der Waals surface area contributed by atoms with Crippen LogP contribution in [0.1, 0.15) is 18.9 Å². The molecule has 0 spiro atoms. The summed E-state index contributed by atoms with van der Waals surface area (Å²) in [5, 5.41) is 0. The molecule has 104 valence electrons. The Morgan fingerprint density at radius 1 is 1.47 bits per heavy atom. The van der Waals surface area contributed by atoms with E-state index in [1.807, 2.05) is 13.1 Å². The van der Waals surface area contributed by atoms with Crippen molar-refractivity contribution < 1.29 is 4.79 Å². The number of amides is 1. The predicted octanol–water partition coefficient (Wildman–Crippen LogP) is 1.63. The molecule has 0 bridgehead atoms. The first-order valence-electron chi connectivity index (χ1n) is 6.83. The number of likely N-dealkylation sites (N-methyl/N-ethyl adjacent to an activating group) is 1. The van der Waals surface area contributed by atoms with Gasteiger partial charge < -0.3 is 15.5 Å². The quantitative estimate of drug-likeness (QED) is 0.876. The van der Waals surface area contributed by atoms with Crippen molar-refractivity contribution in [2.75, 3.05) is 37.0 Å². The van der Waals surface area contributed by atoms with Crippen molar-refractivity contribution in [3.63, 3.8) is 0 Å². The number of benzene rings is 1. The van der Waals surface area contributed by atoms with Crippen LogP contribution in [0.5, 0.6) is 0 Å². The number of nitrogens with two attached hydrogens (primary N) is 1. The maximum absolute atomic E-state index is 11.7. The Hall–Kier alpha value is -1.55. The summed E-state index contributed by atoms with van der Waals surface area (Å²) in [6, 6.07) is 6.25. The topological polar surface area (TPSA) is 49.6 Å². The molecule has 1 aromatic rings. The van der Waals surface area contributed by atoms with Gasteiger partial charge in [-0.05, 0) is 42.6 Å². The van der Waals surface area contributed by atoms with Crippen molar-refractivity contribution in [2.45, 2.75) is 19.8 Å². The van der Waals surface area contributed by atoms with Gasteiger partial charge in [0.2, 0.25) is 5.91 Å². The van der Waals surface area contributed by atoms with Gasteiger partial charge in [-0.25, -0.2) is 0 Å². The smallest absolute Gasteiger partial charge is 0.231 e. The molecule has 0 fully saturated rings. The van der Waals surface area contributed by atoms with E-state index in [0.717, 1.165) is 30.8 Å². The minimum atomic E-state index is 0.173. The lowest BCUT2D eigenvalue weighted by Crippen LogP contribution is -2.23. The van der Waals surface area contributed by atoms with E-state index in [1.54, 1.807) is 4.90 Å². The average Bonchev–Trinajstić information content (AvgIpc) is 2.70. The highest BCUT2D eigenvalue weighted by atomic mass is 16.2. The molecule has 1 amide bonds. The maximum Gasteiger partial charge on any atom is 0.231 e. The molecule has 0 saturated carbocycles. The standard InChI is InChI=1S/C15H23N3O/c1-11(10-16)6-7-17(2)13-4-5-14-12(8-13)9-15(19)18(14)3/h4-5,8,11H,6-7,9-10,16H2,1-3H3. The summed E-state index contributed by atoms with van der Waals surface area (Å²) in [5.41, 5.74) is 8.98. The second-order valence-electron chi connectivity index (χ2n) is 5.49. The molecule has 1 aliphatic heterocycles. The third kappa shape index (κ3) is 2.89.